The summed E-state index contributed by atoms with van der Waals surface area (Å²) in [5, 5.41) is 6.75. The van der Waals surface area contributed by atoms with Crippen LogP contribution in [0.1, 0.15) is 61.6 Å². The van der Waals surface area contributed by atoms with E-state index in [0.29, 0.717) is 36.4 Å². The molecule has 4 heterocycles. The predicted molar refractivity (Wildman–Crippen MR) is 170 cm³/mol. The number of methoxy groups -OCH3 is 1. The van der Waals surface area contributed by atoms with E-state index in [1.54, 1.807) is 12.0 Å². The van der Waals surface area contributed by atoms with Crippen LogP contribution in [-0.2, 0) is 11.2 Å². The number of primary amides is 1. The summed E-state index contributed by atoms with van der Waals surface area (Å²) in [7, 11) is 3.90. The number of benzene rings is 1. The van der Waals surface area contributed by atoms with Gasteiger partial charge in [-0.3, -0.25) is 9.59 Å². The van der Waals surface area contributed by atoms with Crippen molar-refractivity contribution in [2.45, 2.75) is 57.9 Å². The molecule has 3 aliphatic heterocycles. The zero-order chi connectivity index (χ0) is 30.6. The number of aromatic nitrogens is 2. The smallest absolute Gasteiger partial charge is 0.271 e. The van der Waals surface area contributed by atoms with Crippen molar-refractivity contribution in [2.75, 3.05) is 69.0 Å². The summed E-state index contributed by atoms with van der Waals surface area (Å²) in [5.74, 6) is 0.877. The van der Waals surface area contributed by atoms with Crippen molar-refractivity contribution in [3.63, 3.8) is 0 Å². The van der Waals surface area contributed by atoms with E-state index >= 15 is 0 Å². The van der Waals surface area contributed by atoms with Crippen molar-refractivity contribution in [3.8, 4) is 5.75 Å². The van der Waals surface area contributed by atoms with Gasteiger partial charge in [0, 0.05) is 44.0 Å². The first-order chi connectivity index (χ1) is 20.7. The lowest BCUT2D eigenvalue weighted by Crippen LogP contribution is -2.46. The van der Waals surface area contributed by atoms with Crippen LogP contribution in [0.4, 0.5) is 23.0 Å². The molecule has 232 valence electrons. The second-order valence-electron chi connectivity index (χ2n) is 12.2. The molecule has 0 saturated carbocycles. The number of nitrogens with two attached hydrogens (primary N) is 1. The first-order valence-corrected chi connectivity index (χ1v) is 15.5. The Morgan fingerprint density at radius 2 is 1.84 bits per heavy atom. The molecule has 0 aliphatic carbocycles. The molecule has 5 rings (SSSR count). The van der Waals surface area contributed by atoms with Crippen molar-refractivity contribution in [1.82, 2.24) is 19.8 Å². The highest BCUT2D eigenvalue weighted by Gasteiger charge is 2.37. The first kappa shape index (κ1) is 30.6. The van der Waals surface area contributed by atoms with Crippen LogP contribution in [0.3, 0.4) is 0 Å². The van der Waals surface area contributed by atoms with E-state index in [1.807, 2.05) is 19.1 Å². The fourth-order valence-corrected chi connectivity index (χ4v) is 6.68. The molecule has 3 aliphatic rings. The van der Waals surface area contributed by atoms with E-state index in [9.17, 15) is 9.59 Å². The number of aryl methyl sites for hydroxylation is 1. The van der Waals surface area contributed by atoms with Gasteiger partial charge in [0.05, 0.1) is 18.5 Å². The minimum absolute atomic E-state index is 0.00195. The summed E-state index contributed by atoms with van der Waals surface area (Å²) < 4.78 is 5.84. The van der Waals surface area contributed by atoms with Crippen molar-refractivity contribution in [2.24, 2.45) is 11.1 Å². The Morgan fingerprint density at radius 3 is 2.49 bits per heavy atom. The summed E-state index contributed by atoms with van der Waals surface area (Å²) in [5.41, 5.74) is 8.73. The monoisotopic (exact) mass is 590 g/mol. The first-order valence-electron chi connectivity index (χ1n) is 15.5. The molecule has 2 amide bonds. The number of nitrogens with one attached hydrogen (secondary N) is 2. The van der Waals surface area contributed by atoms with Crippen molar-refractivity contribution in [3.05, 3.63) is 42.2 Å². The van der Waals surface area contributed by atoms with Crippen LogP contribution in [0.2, 0.25) is 0 Å². The molecule has 2 aromatic rings. The van der Waals surface area contributed by atoms with E-state index in [1.165, 1.54) is 44.8 Å². The molecule has 1 spiro atoms. The van der Waals surface area contributed by atoms with Gasteiger partial charge in [-0.05, 0) is 88.7 Å². The van der Waals surface area contributed by atoms with Gasteiger partial charge in [-0.25, -0.2) is 9.97 Å². The zero-order valence-electron chi connectivity index (χ0n) is 25.8. The van der Waals surface area contributed by atoms with Crippen LogP contribution >= 0.6 is 0 Å². The van der Waals surface area contributed by atoms with Crippen molar-refractivity contribution in [1.29, 1.82) is 0 Å². The third kappa shape index (κ3) is 6.87. The molecule has 11 nitrogen and oxygen atoms in total. The molecule has 4 N–H and O–H groups in total. The fraction of sp³-hybridized carbons (Fsp3) is 0.562. The van der Waals surface area contributed by atoms with Crippen LogP contribution < -0.4 is 26.0 Å². The molecular weight excluding hydrogens is 544 g/mol. The third-order valence-corrected chi connectivity index (χ3v) is 9.44. The number of hydrogen-bond acceptors (Lipinski definition) is 9. The lowest BCUT2D eigenvalue weighted by molar-refractivity contribution is -0.127. The topological polar surface area (TPSA) is 129 Å². The number of amides is 2. The molecule has 3 saturated heterocycles. The Labute approximate surface area is 254 Å². The number of rotatable bonds is 9. The Bertz CT molecular complexity index is 1330. The lowest BCUT2D eigenvalue weighted by Gasteiger charge is -2.47. The van der Waals surface area contributed by atoms with E-state index in [0.717, 1.165) is 43.1 Å². The van der Waals surface area contributed by atoms with Crippen LogP contribution in [0, 0.1) is 5.41 Å². The van der Waals surface area contributed by atoms with Gasteiger partial charge in [0.1, 0.15) is 5.75 Å². The maximum atomic E-state index is 12.4. The minimum atomic E-state index is -0.656. The van der Waals surface area contributed by atoms with E-state index in [2.05, 4.69) is 45.1 Å². The number of hydrogen-bond donors (Lipinski definition) is 3. The van der Waals surface area contributed by atoms with Gasteiger partial charge < -0.3 is 35.8 Å². The molecule has 1 aromatic heterocycles. The molecule has 3 fully saturated rings. The molecule has 11 heteroatoms. The second-order valence-corrected chi connectivity index (χ2v) is 12.2. The van der Waals surface area contributed by atoms with Gasteiger partial charge in [-0.2, -0.15) is 0 Å². The Hall–Kier alpha value is -3.86. The number of nitrogens with zero attached hydrogens (tertiary/aromatic N) is 5. The summed E-state index contributed by atoms with van der Waals surface area (Å²) in [6, 6.07) is 5.98. The molecule has 1 aromatic carbocycles. The second kappa shape index (κ2) is 13.2. The summed E-state index contributed by atoms with van der Waals surface area (Å²) in [4.78, 5) is 40.7. The number of carbonyl (C=O) groups excluding carboxylic acids is 2. The summed E-state index contributed by atoms with van der Waals surface area (Å²) in [6.45, 7) is 11.2. The predicted octanol–water partition coefficient (Wildman–Crippen LogP) is 3.79. The average Bonchev–Trinajstić information content (AvgIpc) is 3.02. The SMILES string of the molecule is C=CC(=O)N1CCC[C@@H](Nc2nc(Nc3ccc(N4CCC5(CCN(C)CC5)CC4)c(OC)c3)c(C(N)=O)nc2CC)C1. The van der Waals surface area contributed by atoms with Gasteiger partial charge in [0.15, 0.2) is 17.3 Å². The summed E-state index contributed by atoms with van der Waals surface area (Å²) >= 11 is 0. The molecule has 1 atom stereocenters. The number of carbonyl (C=O) groups is 2. The molecule has 0 bridgehead atoms. The van der Waals surface area contributed by atoms with Crippen LogP contribution in [0.15, 0.2) is 30.9 Å². The largest absolute Gasteiger partial charge is 0.495 e. The zero-order valence-corrected chi connectivity index (χ0v) is 25.8. The molecular formula is C32H46N8O3. The van der Waals surface area contributed by atoms with E-state index in [4.69, 9.17) is 15.5 Å². The lowest BCUT2D eigenvalue weighted by atomic mass is 9.71. The fourth-order valence-electron chi connectivity index (χ4n) is 6.68. The molecule has 43 heavy (non-hydrogen) atoms. The van der Waals surface area contributed by atoms with Gasteiger partial charge in [0.25, 0.3) is 5.91 Å². The highest BCUT2D eigenvalue weighted by atomic mass is 16.5. The van der Waals surface area contributed by atoms with Gasteiger partial charge in [-0.15, -0.1) is 0 Å². The standard InChI is InChI=1S/C32H46N8O3/c1-5-24-30(35-23-8-7-15-40(21-23)27(41)6-2)37-31(28(36-24)29(33)42)34-22-9-10-25(26(20-22)43-4)39-18-13-32(14-19-39)11-16-38(3)17-12-32/h6,9-10,20,23H,2,5,7-8,11-19,21H2,1,3-4H3,(H2,33,42)(H2,34,35,37)/t23-/m1/s1. The Morgan fingerprint density at radius 1 is 1.12 bits per heavy atom. The normalized spacial score (nSPS) is 20.5. The Kier molecular flexibility index (Phi) is 9.39. The van der Waals surface area contributed by atoms with Crippen LogP contribution in [0.25, 0.3) is 0 Å². The minimum Gasteiger partial charge on any atom is -0.495 e. The van der Waals surface area contributed by atoms with E-state index in [-0.39, 0.29) is 23.5 Å². The number of ether oxygens (including phenoxy) is 1. The van der Waals surface area contributed by atoms with Crippen molar-refractivity contribution >= 4 is 34.8 Å². The highest BCUT2D eigenvalue weighted by Crippen LogP contribution is 2.43. The third-order valence-electron chi connectivity index (χ3n) is 9.44. The maximum Gasteiger partial charge on any atom is 0.271 e. The van der Waals surface area contributed by atoms with Crippen LogP contribution in [0.5, 0.6) is 5.75 Å². The van der Waals surface area contributed by atoms with Gasteiger partial charge in [-0.1, -0.05) is 13.5 Å². The van der Waals surface area contributed by atoms with E-state index < -0.39 is 5.91 Å². The number of anilines is 4. The quantitative estimate of drug-likeness (QED) is 0.374. The highest BCUT2D eigenvalue weighted by molar-refractivity contribution is 5.96. The van der Waals surface area contributed by atoms with Crippen LogP contribution in [-0.4, -0.2) is 91.0 Å². The van der Waals surface area contributed by atoms with Crippen molar-refractivity contribution < 1.29 is 14.3 Å². The summed E-state index contributed by atoms with van der Waals surface area (Å²) in [6.07, 6.45) is 8.62. The maximum absolute atomic E-state index is 12.4. The van der Waals surface area contributed by atoms with Gasteiger partial charge in [0.2, 0.25) is 5.91 Å². The van der Waals surface area contributed by atoms with Gasteiger partial charge >= 0.3 is 0 Å². The Balaban J connectivity index is 1.34. The number of likely N-dealkylation sites (tertiary alicyclic amines) is 2. The average molecular weight is 591 g/mol. The number of piperidine rings is 3. The molecule has 0 radical (unpaired) electrons. The molecule has 0 unspecified atom stereocenters.